The van der Waals surface area contributed by atoms with Crippen molar-refractivity contribution in [3.8, 4) is 0 Å². The third-order valence-electron chi connectivity index (χ3n) is 3.40. The molecule has 0 bridgehead atoms. The second kappa shape index (κ2) is 5.76. The molecule has 1 aliphatic rings. The maximum absolute atomic E-state index is 13.2. The average molecular weight is 324 g/mol. The van der Waals surface area contributed by atoms with Crippen LogP contribution in [-0.2, 0) is 4.79 Å². The third-order valence-corrected chi connectivity index (χ3v) is 3.69. The van der Waals surface area contributed by atoms with Gasteiger partial charge >= 0.3 is 0 Å². The van der Waals surface area contributed by atoms with Crippen LogP contribution in [0.15, 0.2) is 35.1 Å². The SMILES string of the molecule is O=C(NC1CCN(c2ccc(F)c(Cl)c2)C1=O)c1ccon1. The van der Waals surface area contributed by atoms with Gasteiger partial charge in [-0.2, -0.15) is 0 Å². The number of halogens is 2. The predicted octanol–water partition coefficient (Wildman–Crippen LogP) is 2.00. The van der Waals surface area contributed by atoms with Gasteiger partial charge in [0.1, 0.15) is 18.1 Å². The molecule has 1 fully saturated rings. The molecule has 2 heterocycles. The van der Waals surface area contributed by atoms with Gasteiger partial charge in [0.25, 0.3) is 5.91 Å². The standard InChI is InChI=1S/C14H11ClFN3O3/c15-9-7-8(1-2-10(9)16)19-5-3-12(14(19)21)17-13(20)11-4-6-22-18-11/h1-2,4,6-7,12H,3,5H2,(H,17,20). The Hall–Kier alpha value is -2.41. The van der Waals surface area contributed by atoms with E-state index in [0.29, 0.717) is 18.7 Å². The number of hydrogen-bond donors (Lipinski definition) is 1. The van der Waals surface area contributed by atoms with E-state index in [9.17, 15) is 14.0 Å². The number of amides is 2. The number of nitrogens with zero attached hydrogens (tertiary/aromatic N) is 2. The summed E-state index contributed by atoms with van der Waals surface area (Å²) in [6.07, 6.45) is 1.72. The zero-order valence-corrected chi connectivity index (χ0v) is 12.0. The number of benzene rings is 1. The zero-order chi connectivity index (χ0) is 15.7. The predicted molar refractivity (Wildman–Crippen MR) is 76.1 cm³/mol. The quantitative estimate of drug-likeness (QED) is 0.937. The van der Waals surface area contributed by atoms with Crippen molar-refractivity contribution in [2.45, 2.75) is 12.5 Å². The van der Waals surface area contributed by atoms with E-state index in [1.54, 1.807) is 0 Å². The Balaban J connectivity index is 1.72. The van der Waals surface area contributed by atoms with Crippen LogP contribution in [0.2, 0.25) is 5.02 Å². The van der Waals surface area contributed by atoms with E-state index in [2.05, 4.69) is 15.0 Å². The lowest BCUT2D eigenvalue weighted by Crippen LogP contribution is -2.41. The minimum absolute atomic E-state index is 0.0552. The second-order valence-electron chi connectivity index (χ2n) is 4.79. The topological polar surface area (TPSA) is 75.4 Å². The molecular weight excluding hydrogens is 313 g/mol. The molecule has 22 heavy (non-hydrogen) atoms. The molecule has 0 radical (unpaired) electrons. The molecule has 3 rings (SSSR count). The summed E-state index contributed by atoms with van der Waals surface area (Å²) in [5, 5.41) is 6.05. The summed E-state index contributed by atoms with van der Waals surface area (Å²) in [5.41, 5.74) is 0.602. The van der Waals surface area contributed by atoms with Crippen LogP contribution in [-0.4, -0.2) is 29.6 Å². The Bertz CT molecular complexity index is 720. The van der Waals surface area contributed by atoms with E-state index in [1.165, 1.54) is 35.4 Å². The first-order valence-corrected chi connectivity index (χ1v) is 6.92. The van der Waals surface area contributed by atoms with E-state index in [-0.39, 0.29) is 16.6 Å². The van der Waals surface area contributed by atoms with Gasteiger partial charge < -0.3 is 14.7 Å². The Labute approximate surface area is 129 Å². The average Bonchev–Trinajstić information content (AvgIpc) is 3.13. The first kappa shape index (κ1) is 14.5. The van der Waals surface area contributed by atoms with E-state index in [0.717, 1.165) is 0 Å². The lowest BCUT2D eigenvalue weighted by atomic mass is 10.2. The Morgan fingerprint density at radius 2 is 2.27 bits per heavy atom. The van der Waals surface area contributed by atoms with Crippen molar-refractivity contribution in [2.75, 3.05) is 11.4 Å². The molecule has 1 aliphatic heterocycles. The minimum atomic E-state index is -0.659. The highest BCUT2D eigenvalue weighted by Gasteiger charge is 2.34. The summed E-state index contributed by atoms with van der Waals surface area (Å²) < 4.78 is 17.8. The lowest BCUT2D eigenvalue weighted by Gasteiger charge is -2.17. The highest BCUT2D eigenvalue weighted by atomic mass is 35.5. The number of rotatable bonds is 3. The molecule has 1 unspecified atom stereocenters. The van der Waals surface area contributed by atoms with Crippen LogP contribution in [0.5, 0.6) is 0 Å². The van der Waals surface area contributed by atoms with E-state index in [4.69, 9.17) is 11.6 Å². The Kier molecular flexibility index (Phi) is 3.81. The van der Waals surface area contributed by atoms with Gasteiger partial charge in [-0.05, 0) is 24.6 Å². The molecule has 2 aromatic rings. The molecule has 1 N–H and O–H groups in total. The van der Waals surface area contributed by atoms with Crippen molar-refractivity contribution in [3.63, 3.8) is 0 Å². The number of carbonyl (C=O) groups is 2. The van der Waals surface area contributed by atoms with Gasteiger partial charge in [0.05, 0.1) is 5.02 Å². The molecule has 1 saturated heterocycles. The van der Waals surface area contributed by atoms with E-state index >= 15 is 0 Å². The van der Waals surface area contributed by atoms with Gasteiger partial charge in [-0.15, -0.1) is 0 Å². The van der Waals surface area contributed by atoms with Gasteiger partial charge in [-0.3, -0.25) is 9.59 Å². The van der Waals surface area contributed by atoms with Crippen LogP contribution in [0.1, 0.15) is 16.9 Å². The van der Waals surface area contributed by atoms with Crippen molar-refractivity contribution in [1.82, 2.24) is 10.5 Å². The molecule has 6 nitrogen and oxygen atoms in total. The fourth-order valence-electron chi connectivity index (χ4n) is 2.29. The van der Waals surface area contributed by atoms with Gasteiger partial charge in [0.2, 0.25) is 5.91 Å². The van der Waals surface area contributed by atoms with Gasteiger partial charge in [0, 0.05) is 18.3 Å². The van der Waals surface area contributed by atoms with Crippen LogP contribution in [0.25, 0.3) is 0 Å². The highest BCUT2D eigenvalue weighted by molar-refractivity contribution is 6.31. The van der Waals surface area contributed by atoms with Crippen LogP contribution < -0.4 is 10.2 Å². The van der Waals surface area contributed by atoms with Crippen LogP contribution >= 0.6 is 11.6 Å². The largest absolute Gasteiger partial charge is 0.364 e. The molecule has 114 valence electrons. The van der Waals surface area contributed by atoms with E-state index < -0.39 is 17.8 Å². The summed E-state index contributed by atoms with van der Waals surface area (Å²) in [6, 6.07) is 4.81. The minimum Gasteiger partial charge on any atom is -0.364 e. The highest BCUT2D eigenvalue weighted by Crippen LogP contribution is 2.26. The maximum Gasteiger partial charge on any atom is 0.274 e. The monoisotopic (exact) mass is 323 g/mol. The van der Waals surface area contributed by atoms with Gasteiger partial charge in [-0.1, -0.05) is 16.8 Å². The van der Waals surface area contributed by atoms with E-state index in [1.807, 2.05) is 0 Å². The molecule has 1 aromatic carbocycles. The van der Waals surface area contributed by atoms with Crippen molar-refractivity contribution >= 4 is 29.1 Å². The first-order chi connectivity index (χ1) is 10.6. The molecule has 8 heteroatoms. The maximum atomic E-state index is 13.2. The molecular formula is C14H11ClFN3O3. The van der Waals surface area contributed by atoms with Gasteiger partial charge in [-0.25, -0.2) is 4.39 Å². The molecule has 0 aliphatic carbocycles. The summed E-state index contributed by atoms with van der Waals surface area (Å²) in [4.78, 5) is 25.7. The van der Waals surface area contributed by atoms with Crippen molar-refractivity contribution < 1.29 is 18.5 Å². The van der Waals surface area contributed by atoms with Crippen molar-refractivity contribution in [1.29, 1.82) is 0 Å². The van der Waals surface area contributed by atoms with Crippen LogP contribution in [0.4, 0.5) is 10.1 Å². The number of aromatic nitrogens is 1. The number of anilines is 1. The van der Waals surface area contributed by atoms with Crippen LogP contribution in [0.3, 0.4) is 0 Å². The van der Waals surface area contributed by atoms with Gasteiger partial charge in [0.15, 0.2) is 5.69 Å². The fraction of sp³-hybridized carbons (Fsp3) is 0.214. The number of hydrogen-bond acceptors (Lipinski definition) is 4. The zero-order valence-electron chi connectivity index (χ0n) is 11.3. The molecule has 0 spiro atoms. The Morgan fingerprint density at radius 1 is 1.45 bits per heavy atom. The Morgan fingerprint density at radius 3 is 2.95 bits per heavy atom. The lowest BCUT2D eigenvalue weighted by molar-refractivity contribution is -0.118. The fourth-order valence-corrected chi connectivity index (χ4v) is 2.46. The molecule has 2 amide bonds. The van der Waals surface area contributed by atoms with Crippen molar-refractivity contribution in [2.24, 2.45) is 0 Å². The number of nitrogens with one attached hydrogen (secondary N) is 1. The summed E-state index contributed by atoms with van der Waals surface area (Å²) in [7, 11) is 0. The summed E-state index contributed by atoms with van der Waals surface area (Å²) in [5.74, 6) is -1.31. The normalized spacial score (nSPS) is 17.8. The third kappa shape index (κ3) is 2.67. The smallest absolute Gasteiger partial charge is 0.274 e. The first-order valence-electron chi connectivity index (χ1n) is 6.54. The second-order valence-corrected chi connectivity index (χ2v) is 5.19. The van der Waals surface area contributed by atoms with Crippen molar-refractivity contribution in [3.05, 3.63) is 47.1 Å². The summed E-state index contributed by atoms with van der Waals surface area (Å²) >= 11 is 5.73. The molecule has 0 saturated carbocycles. The number of carbonyl (C=O) groups excluding carboxylic acids is 2. The molecule has 1 aromatic heterocycles. The summed E-state index contributed by atoms with van der Waals surface area (Å²) in [6.45, 7) is 0.407. The van der Waals surface area contributed by atoms with Crippen LogP contribution in [0, 0.1) is 5.82 Å². The molecule has 1 atom stereocenters.